The standard InChI is InChI=1S/C16H31N3O3.HI/c1-4-22-15(20)14-8-11-19(12-9-14)16(17-2)18-10-6-5-7-13-21-3;/h14H,4-13H2,1-3H3,(H,17,18);1H. The Kier molecular flexibility index (Phi) is 13.5. The predicted molar refractivity (Wildman–Crippen MR) is 103 cm³/mol. The molecule has 1 N–H and O–H groups in total. The Hall–Kier alpha value is -0.570. The van der Waals surface area contributed by atoms with E-state index in [0.29, 0.717) is 6.61 Å². The van der Waals surface area contributed by atoms with Gasteiger partial charge in [-0.15, -0.1) is 24.0 Å². The summed E-state index contributed by atoms with van der Waals surface area (Å²) in [6.07, 6.45) is 5.05. The minimum absolute atomic E-state index is 0. The molecule has 0 atom stereocenters. The molecule has 0 aromatic rings. The van der Waals surface area contributed by atoms with E-state index in [0.717, 1.165) is 64.3 Å². The number of hydrogen-bond acceptors (Lipinski definition) is 4. The number of carbonyl (C=O) groups excluding carboxylic acids is 1. The fraction of sp³-hybridized carbons (Fsp3) is 0.875. The molecule has 0 aromatic carbocycles. The van der Waals surface area contributed by atoms with Gasteiger partial charge in [0.2, 0.25) is 0 Å². The van der Waals surface area contributed by atoms with E-state index in [1.807, 2.05) is 14.0 Å². The fourth-order valence-corrected chi connectivity index (χ4v) is 2.67. The average molecular weight is 441 g/mol. The molecule has 1 aliphatic rings. The summed E-state index contributed by atoms with van der Waals surface area (Å²) in [5.74, 6) is 0.931. The molecule has 1 heterocycles. The predicted octanol–water partition coefficient (Wildman–Crippen LogP) is 2.27. The highest BCUT2D eigenvalue weighted by molar-refractivity contribution is 14.0. The van der Waals surface area contributed by atoms with Crippen molar-refractivity contribution < 1.29 is 14.3 Å². The highest BCUT2D eigenvalue weighted by atomic mass is 127. The number of aliphatic imine (C=N–C) groups is 1. The van der Waals surface area contributed by atoms with Gasteiger partial charge in [0, 0.05) is 40.4 Å². The second-order valence-electron chi connectivity index (χ2n) is 5.54. The third-order valence-electron chi connectivity index (χ3n) is 3.93. The van der Waals surface area contributed by atoms with E-state index in [2.05, 4.69) is 15.2 Å². The molecule has 0 aliphatic carbocycles. The third-order valence-corrected chi connectivity index (χ3v) is 3.93. The van der Waals surface area contributed by atoms with Crippen LogP contribution in [0, 0.1) is 5.92 Å². The maximum atomic E-state index is 11.7. The van der Waals surface area contributed by atoms with E-state index >= 15 is 0 Å². The van der Waals surface area contributed by atoms with Crippen LogP contribution >= 0.6 is 24.0 Å². The number of ether oxygens (including phenoxy) is 2. The first-order valence-corrected chi connectivity index (χ1v) is 8.34. The number of piperidine rings is 1. The second-order valence-corrected chi connectivity index (χ2v) is 5.54. The summed E-state index contributed by atoms with van der Waals surface area (Å²) in [5, 5.41) is 3.40. The maximum Gasteiger partial charge on any atom is 0.309 e. The number of nitrogens with zero attached hydrogens (tertiary/aromatic N) is 2. The summed E-state index contributed by atoms with van der Waals surface area (Å²) in [5.41, 5.74) is 0. The van der Waals surface area contributed by atoms with Crippen molar-refractivity contribution in [1.82, 2.24) is 10.2 Å². The number of hydrogen-bond donors (Lipinski definition) is 1. The lowest BCUT2D eigenvalue weighted by Gasteiger charge is -2.33. The van der Waals surface area contributed by atoms with Crippen LogP contribution in [0.25, 0.3) is 0 Å². The van der Waals surface area contributed by atoms with Crippen LogP contribution in [0.3, 0.4) is 0 Å². The Bertz CT molecular complexity index is 345. The molecule has 1 fully saturated rings. The SMILES string of the molecule is CCOC(=O)C1CCN(C(=NC)NCCCCCOC)CC1.I. The van der Waals surface area contributed by atoms with Crippen molar-refractivity contribution in [2.75, 3.05) is 47.0 Å². The number of nitrogens with one attached hydrogen (secondary N) is 1. The summed E-state index contributed by atoms with van der Waals surface area (Å²) in [4.78, 5) is 18.3. The van der Waals surface area contributed by atoms with Crippen LogP contribution in [0.4, 0.5) is 0 Å². The molecule has 1 saturated heterocycles. The van der Waals surface area contributed by atoms with Crippen LogP contribution in [0.15, 0.2) is 4.99 Å². The Morgan fingerprint density at radius 2 is 1.96 bits per heavy atom. The molecule has 0 bridgehead atoms. The first kappa shape index (κ1) is 22.4. The molecule has 1 aliphatic heterocycles. The van der Waals surface area contributed by atoms with Crippen molar-refractivity contribution >= 4 is 35.9 Å². The number of guanidine groups is 1. The van der Waals surface area contributed by atoms with Gasteiger partial charge in [-0.05, 0) is 39.0 Å². The minimum atomic E-state index is -0.0526. The van der Waals surface area contributed by atoms with E-state index in [1.165, 1.54) is 0 Å². The molecule has 0 aromatic heterocycles. The molecule has 0 spiro atoms. The van der Waals surface area contributed by atoms with E-state index < -0.39 is 0 Å². The summed E-state index contributed by atoms with van der Waals surface area (Å²) < 4.78 is 10.1. The van der Waals surface area contributed by atoms with Crippen molar-refractivity contribution in [1.29, 1.82) is 0 Å². The number of esters is 1. The Morgan fingerprint density at radius 3 is 2.52 bits per heavy atom. The molecule has 0 saturated carbocycles. The van der Waals surface area contributed by atoms with Gasteiger partial charge in [-0.25, -0.2) is 0 Å². The zero-order chi connectivity index (χ0) is 16.2. The van der Waals surface area contributed by atoms with Gasteiger partial charge >= 0.3 is 5.97 Å². The molecule has 1 rings (SSSR count). The van der Waals surface area contributed by atoms with Crippen LogP contribution < -0.4 is 5.32 Å². The van der Waals surface area contributed by atoms with Crippen molar-refractivity contribution in [3.63, 3.8) is 0 Å². The van der Waals surface area contributed by atoms with Crippen LogP contribution in [-0.4, -0.2) is 63.8 Å². The van der Waals surface area contributed by atoms with Gasteiger partial charge in [0.05, 0.1) is 12.5 Å². The molecule has 7 heteroatoms. The van der Waals surface area contributed by atoms with E-state index in [-0.39, 0.29) is 35.9 Å². The lowest BCUT2D eigenvalue weighted by atomic mass is 9.97. The van der Waals surface area contributed by atoms with Gasteiger partial charge in [-0.3, -0.25) is 9.79 Å². The molecule has 136 valence electrons. The Labute approximate surface area is 157 Å². The van der Waals surface area contributed by atoms with Gasteiger partial charge in [0.1, 0.15) is 0 Å². The van der Waals surface area contributed by atoms with Crippen LogP contribution in [0.5, 0.6) is 0 Å². The fourth-order valence-electron chi connectivity index (χ4n) is 2.67. The molecule has 0 unspecified atom stereocenters. The second kappa shape index (κ2) is 13.8. The zero-order valence-electron chi connectivity index (χ0n) is 14.7. The van der Waals surface area contributed by atoms with E-state index in [4.69, 9.17) is 9.47 Å². The van der Waals surface area contributed by atoms with E-state index in [9.17, 15) is 4.79 Å². The molecular weight excluding hydrogens is 409 g/mol. The van der Waals surface area contributed by atoms with Crippen molar-refractivity contribution in [2.24, 2.45) is 10.9 Å². The molecule has 0 amide bonds. The first-order valence-electron chi connectivity index (χ1n) is 8.34. The topological polar surface area (TPSA) is 63.2 Å². The normalized spacial score (nSPS) is 16.0. The number of carbonyl (C=O) groups is 1. The van der Waals surface area contributed by atoms with Gasteiger partial charge in [0.15, 0.2) is 5.96 Å². The summed E-state index contributed by atoms with van der Waals surface area (Å²) in [7, 11) is 3.55. The van der Waals surface area contributed by atoms with Gasteiger partial charge < -0.3 is 19.7 Å². The Balaban J connectivity index is 0.00000484. The van der Waals surface area contributed by atoms with Crippen LogP contribution in [0.1, 0.15) is 39.0 Å². The number of halogens is 1. The summed E-state index contributed by atoms with van der Waals surface area (Å²) in [6, 6.07) is 0. The number of rotatable bonds is 8. The van der Waals surface area contributed by atoms with Crippen LogP contribution in [0.2, 0.25) is 0 Å². The monoisotopic (exact) mass is 441 g/mol. The van der Waals surface area contributed by atoms with Crippen LogP contribution in [-0.2, 0) is 14.3 Å². The number of methoxy groups -OCH3 is 1. The first-order chi connectivity index (χ1) is 10.7. The summed E-state index contributed by atoms with van der Waals surface area (Å²) in [6.45, 7) is 5.78. The van der Waals surface area contributed by atoms with Crippen molar-refractivity contribution in [3.8, 4) is 0 Å². The smallest absolute Gasteiger partial charge is 0.309 e. The van der Waals surface area contributed by atoms with Gasteiger partial charge in [0.25, 0.3) is 0 Å². The quantitative estimate of drug-likeness (QED) is 0.206. The largest absolute Gasteiger partial charge is 0.466 e. The zero-order valence-corrected chi connectivity index (χ0v) is 17.0. The lowest BCUT2D eigenvalue weighted by molar-refractivity contribution is -0.149. The molecule has 23 heavy (non-hydrogen) atoms. The molecular formula is C16H32IN3O3. The Morgan fingerprint density at radius 1 is 1.26 bits per heavy atom. The number of unbranched alkanes of at least 4 members (excludes halogenated alkanes) is 2. The molecule has 6 nitrogen and oxygen atoms in total. The average Bonchev–Trinajstić information content (AvgIpc) is 2.55. The van der Waals surface area contributed by atoms with Crippen molar-refractivity contribution in [2.45, 2.75) is 39.0 Å². The maximum absolute atomic E-state index is 11.7. The highest BCUT2D eigenvalue weighted by Crippen LogP contribution is 2.18. The third kappa shape index (κ3) is 8.74. The van der Waals surface area contributed by atoms with Gasteiger partial charge in [-0.1, -0.05) is 0 Å². The van der Waals surface area contributed by atoms with Gasteiger partial charge in [-0.2, -0.15) is 0 Å². The minimum Gasteiger partial charge on any atom is -0.466 e. The molecule has 0 radical (unpaired) electrons. The highest BCUT2D eigenvalue weighted by Gasteiger charge is 2.27. The number of likely N-dealkylation sites (tertiary alicyclic amines) is 1. The summed E-state index contributed by atoms with van der Waals surface area (Å²) >= 11 is 0. The van der Waals surface area contributed by atoms with E-state index in [1.54, 1.807) is 7.11 Å². The van der Waals surface area contributed by atoms with Crippen molar-refractivity contribution in [3.05, 3.63) is 0 Å². The lowest BCUT2D eigenvalue weighted by Crippen LogP contribution is -2.46.